The highest BCUT2D eigenvalue weighted by Crippen LogP contribution is 1.86. The molecule has 60 valence electrons. The van der Waals surface area contributed by atoms with Crippen LogP contribution in [0.5, 0.6) is 0 Å². The van der Waals surface area contributed by atoms with Gasteiger partial charge < -0.3 is 11.5 Å². The predicted octanol–water partition coefficient (Wildman–Crippen LogP) is -1.34. The van der Waals surface area contributed by atoms with E-state index in [9.17, 15) is 4.79 Å². The van der Waals surface area contributed by atoms with Gasteiger partial charge in [0, 0.05) is 5.75 Å². The first-order chi connectivity index (χ1) is 4.57. The van der Waals surface area contributed by atoms with Gasteiger partial charge in [-0.3, -0.25) is 10.1 Å². The average molecular weight is 163 g/mol. The molecule has 0 aromatic rings. The monoisotopic (exact) mass is 163 g/mol. The fraction of sp³-hybridized carbons (Fsp3) is 0.800. The van der Waals surface area contributed by atoms with Gasteiger partial charge in [0.2, 0.25) is 5.91 Å². The summed E-state index contributed by atoms with van der Waals surface area (Å²) in [5, 5.41) is 2.76. The van der Waals surface area contributed by atoms with Crippen LogP contribution >= 0.6 is 12.6 Å². The molecular weight excluding hydrogens is 150 g/mol. The normalized spacial score (nSPS) is 16.3. The Labute approximate surface area is 65.7 Å². The first-order valence-electron chi connectivity index (χ1n) is 2.99. The maximum atomic E-state index is 10.5. The summed E-state index contributed by atoms with van der Waals surface area (Å²) in [4.78, 5) is 10.5. The van der Waals surface area contributed by atoms with Crippen molar-refractivity contribution in [3.63, 3.8) is 0 Å². The number of carbonyl (C=O) groups is 1. The summed E-state index contributed by atoms with van der Waals surface area (Å²) < 4.78 is 0. The van der Waals surface area contributed by atoms with E-state index < -0.39 is 11.9 Å². The Bertz CT molecular complexity index is 117. The third kappa shape index (κ3) is 3.71. The zero-order valence-corrected chi connectivity index (χ0v) is 6.77. The highest BCUT2D eigenvalue weighted by Gasteiger charge is 2.12. The van der Waals surface area contributed by atoms with Crippen molar-refractivity contribution in [2.24, 2.45) is 11.5 Å². The molecule has 0 radical (unpaired) electrons. The highest BCUT2D eigenvalue weighted by atomic mass is 32.1. The SMILES string of the molecule is CC(N)NC(CS)C(N)=O. The number of nitrogens with two attached hydrogens (primary N) is 2. The molecule has 5 N–H and O–H groups in total. The molecule has 10 heavy (non-hydrogen) atoms. The molecule has 0 aliphatic heterocycles. The third-order valence-electron chi connectivity index (χ3n) is 0.990. The largest absolute Gasteiger partial charge is 0.368 e. The quantitative estimate of drug-likeness (QED) is 0.306. The molecular formula is C5H13N3OS. The van der Waals surface area contributed by atoms with Crippen LogP contribution in [0.3, 0.4) is 0 Å². The zero-order valence-electron chi connectivity index (χ0n) is 5.87. The van der Waals surface area contributed by atoms with E-state index in [0.717, 1.165) is 0 Å². The lowest BCUT2D eigenvalue weighted by molar-refractivity contribution is -0.119. The number of carbonyl (C=O) groups excluding carboxylic acids is 1. The minimum absolute atomic E-state index is 0.232. The molecule has 5 heteroatoms. The molecule has 0 heterocycles. The van der Waals surface area contributed by atoms with Gasteiger partial charge in [-0.2, -0.15) is 12.6 Å². The second kappa shape index (κ2) is 4.54. The minimum Gasteiger partial charge on any atom is -0.368 e. The lowest BCUT2D eigenvalue weighted by Gasteiger charge is -2.15. The second-order valence-electron chi connectivity index (χ2n) is 2.09. The van der Waals surface area contributed by atoms with Crippen molar-refractivity contribution in [3.05, 3.63) is 0 Å². The van der Waals surface area contributed by atoms with Crippen LogP contribution in [0, 0.1) is 0 Å². The van der Waals surface area contributed by atoms with E-state index in [1.165, 1.54) is 0 Å². The number of thiol groups is 1. The number of amides is 1. The number of nitrogens with one attached hydrogen (secondary N) is 1. The van der Waals surface area contributed by atoms with Gasteiger partial charge in [-0.1, -0.05) is 0 Å². The van der Waals surface area contributed by atoms with Crippen LogP contribution < -0.4 is 16.8 Å². The van der Waals surface area contributed by atoms with Crippen molar-refractivity contribution in [3.8, 4) is 0 Å². The van der Waals surface area contributed by atoms with Gasteiger partial charge in [-0.25, -0.2) is 0 Å². The topological polar surface area (TPSA) is 81.1 Å². The van der Waals surface area contributed by atoms with Gasteiger partial charge >= 0.3 is 0 Å². The standard InChI is InChI=1S/C5H13N3OS/c1-3(6)8-4(2-10)5(7)9/h3-4,8,10H,2,6H2,1H3,(H2,7,9). The van der Waals surface area contributed by atoms with Crippen molar-refractivity contribution < 1.29 is 4.79 Å². The molecule has 0 aromatic heterocycles. The number of hydrogen-bond acceptors (Lipinski definition) is 4. The molecule has 0 spiro atoms. The molecule has 0 fully saturated rings. The molecule has 0 saturated carbocycles. The van der Waals surface area contributed by atoms with E-state index in [1.807, 2.05) is 0 Å². The molecule has 0 bridgehead atoms. The Kier molecular flexibility index (Phi) is 4.42. The van der Waals surface area contributed by atoms with Gasteiger partial charge in [0.05, 0.1) is 12.2 Å². The van der Waals surface area contributed by atoms with Crippen LogP contribution in [-0.4, -0.2) is 23.9 Å². The fourth-order valence-corrected chi connectivity index (χ4v) is 0.828. The van der Waals surface area contributed by atoms with Gasteiger partial charge in [-0.05, 0) is 6.92 Å². The van der Waals surface area contributed by atoms with Crippen LogP contribution in [-0.2, 0) is 4.79 Å². The summed E-state index contributed by atoms with van der Waals surface area (Å²) >= 11 is 3.91. The molecule has 2 unspecified atom stereocenters. The number of rotatable bonds is 4. The third-order valence-corrected chi connectivity index (χ3v) is 1.36. The summed E-state index contributed by atoms with van der Waals surface area (Å²) in [5.41, 5.74) is 10.3. The second-order valence-corrected chi connectivity index (χ2v) is 2.46. The molecule has 4 nitrogen and oxygen atoms in total. The molecule has 0 rings (SSSR count). The van der Waals surface area contributed by atoms with Crippen molar-refractivity contribution in [1.29, 1.82) is 0 Å². The van der Waals surface area contributed by atoms with Gasteiger partial charge in [-0.15, -0.1) is 0 Å². The molecule has 0 saturated heterocycles. The molecule has 0 aliphatic rings. The highest BCUT2D eigenvalue weighted by molar-refractivity contribution is 7.80. The van der Waals surface area contributed by atoms with Crippen LogP contribution in [0.2, 0.25) is 0 Å². The van der Waals surface area contributed by atoms with E-state index in [2.05, 4.69) is 17.9 Å². The Hall–Kier alpha value is -0.260. The summed E-state index contributed by atoms with van der Waals surface area (Å²) in [6.45, 7) is 1.74. The summed E-state index contributed by atoms with van der Waals surface area (Å²) in [7, 11) is 0. The van der Waals surface area contributed by atoms with Gasteiger partial charge in [0.25, 0.3) is 0 Å². The Balaban J connectivity index is 3.72. The van der Waals surface area contributed by atoms with E-state index in [1.54, 1.807) is 6.92 Å². The minimum atomic E-state index is -0.427. The summed E-state index contributed by atoms with van der Waals surface area (Å²) in [5.74, 6) is -0.0519. The van der Waals surface area contributed by atoms with E-state index in [-0.39, 0.29) is 6.17 Å². The fourth-order valence-electron chi connectivity index (χ4n) is 0.542. The van der Waals surface area contributed by atoms with Gasteiger partial charge in [0.1, 0.15) is 0 Å². The van der Waals surface area contributed by atoms with Crippen LogP contribution in [0.1, 0.15) is 6.92 Å². The first kappa shape index (κ1) is 9.74. The number of hydrogen-bond donors (Lipinski definition) is 4. The van der Waals surface area contributed by atoms with E-state index >= 15 is 0 Å². The first-order valence-corrected chi connectivity index (χ1v) is 3.63. The van der Waals surface area contributed by atoms with Crippen molar-refractivity contribution in [2.45, 2.75) is 19.1 Å². The maximum Gasteiger partial charge on any atom is 0.235 e. The van der Waals surface area contributed by atoms with Gasteiger partial charge in [0.15, 0.2) is 0 Å². The number of primary amides is 1. The Morgan fingerprint density at radius 1 is 1.80 bits per heavy atom. The van der Waals surface area contributed by atoms with Crippen LogP contribution in [0.25, 0.3) is 0 Å². The van der Waals surface area contributed by atoms with E-state index in [0.29, 0.717) is 5.75 Å². The lowest BCUT2D eigenvalue weighted by Crippen LogP contribution is -2.49. The van der Waals surface area contributed by atoms with Crippen LogP contribution in [0.4, 0.5) is 0 Å². The molecule has 0 aliphatic carbocycles. The lowest BCUT2D eigenvalue weighted by atomic mass is 10.3. The predicted molar refractivity (Wildman–Crippen MR) is 43.6 cm³/mol. The average Bonchev–Trinajstić information content (AvgIpc) is 1.81. The van der Waals surface area contributed by atoms with E-state index in [4.69, 9.17) is 11.5 Å². The van der Waals surface area contributed by atoms with Crippen LogP contribution in [0.15, 0.2) is 0 Å². The Morgan fingerprint density at radius 2 is 2.30 bits per heavy atom. The summed E-state index contributed by atoms with van der Waals surface area (Å²) in [6.07, 6.45) is -0.232. The Morgan fingerprint density at radius 3 is 2.40 bits per heavy atom. The van der Waals surface area contributed by atoms with Crippen molar-refractivity contribution in [1.82, 2.24) is 5.32 Å². The summed E-state index contributed by atoms with van der Waals surface area (Å²) in [6, 6.07) is -0.427. The smallest absolute Gasteiger partial charge is 0.235 e. The molecule has 1 amide bonds. The molecule has 0 aromatic carbocycles. The van der Waals surface area contributed by atoms with Crippen molar-refractivity contribution >= 4 is 18.5 Å². The molecule has 2 atom stereocenters. The maximum absolute atomic E-state index is 10.5. The van der Waals surface area contributed by atoms with Crippen molar-refractivity contribution in [2.75, 3.05) is 5.75 Å². The zero-order chi connectivity index (χ0) is 8.15.